The Balaban J connectivity index is 3.14. The van der Waals surface area contributed by atoms with Gasteiger partial charge in [0.25, 0.3) is 0 Å². The summed E-state index contributed by atoms with van der Waals surface area (Å²) in [6.45, 7) is 1.83. The van der Waals surface area contributed by atoms with E-state index in [1.54, 1.807) is 0 Å². The van der Waals surface area contributed by atoms with Crippen molar-refractivity contribution < 1.29 is 13.0 Å². The number of halogens is 3. The first-order valence-corrected chi connectivity index (χ1v) is 5.20. The van der Waals surface area contributed by atoms with E-state index in [4.69, 9.17) is 4.18 Å². The van der Waals surface area contributed by atoms with E-state index < -0.39 is 17.7 Å². The minimum Gasteiger partial charge on any atom is -0.310 e. The van der Waals surface area contributed by atoms with Gasteiger partial charge in [-0.2, -0.15) is 0 Å². The molecule has 0 fully saturated rings. The second-order valence-corrected chi connectivity index (χ2v) is 3.86. The van der Waals surface area contributed by atoms with E-state index in [2.05, 4.69) is 28.8 Å². The third-order valence-electron chi connectivity index (χ3n) is 1.88. The van der Waals surface area contributed by atoms with Crippen molar-refractivity contribution in [2.45, 2.75) is 19.4 Å². The van der Waals surface area contributed by atoms with Gasteiger partial charge in [0.1, 0.15) is 11.6 Å². The van der Waals surface area contributed by atoms with E-state index in [9.17, 15) is 8.78 Å². The van der Waals surface area contributed by atoms with Gasteiger partial charge in [0, 0.05) is 11.6 Å². The van der Waals surface area contributed by atoms with Crippen LogP contribution in [0.5, 0.6) is 0 Å². The van der Waals surface area contributed by atoms with Crippen molar-refractivity contribution in [3.05, 3.63) is 33.8 Å². The molecule has 0 aliphatic heterocycles. The van der Waals surface area contributed by atoms with Crippen molar-refractivity contribution in [3.63, 3.8) is 0 Å². The summed E-state index contributed by atoms with van der Waals surface area (Å²) in [5.74, 6) is -1.24. The average molecular weight is 283 g/mol. The Morgan fingerprint density at radius 3 is 2.57 bits per heavy atom. The lowest BCUT2D eigenvalue weighted by Gasteiger charge is -2.13. The average Bonchev–Trinajstić information content (AvgIpc) is 2.15. The fraction of sp³-hybridized carbons (Fsp3) is 0.333. The zero-order valence-electron chi connectivity index (χ0n) is 7.43. The molecule has 1 unspecified atom stereocenters. The van der Waals surface area contributed by atoms with E-state index >= 15 is 0 Å². The summed E-state index contributed by atoms with van der Waals surface area (Å²) >= 11 is 6.62. The Labute approximate surface area is 95.2 Å². The summed E-state index contributed by atoms with van der Waals surface area (Å²) in [4.78, 5) is 0. The molecule has 0 saturated heterocycles. The van der Waals surface area contributed by atoms with Crippen molar-refractivity contribution in [2.24, 2.45) is 0 Å². The SMILES string of the molecule is CCC(OS)c1cc(Br)c(F)cc1F. The molecule has 0 bridgehead atoms. The van der Waals surface area contributed by atoms with Gasteiger partial charge in [0.05, 0.1) is 10.6 Å². The summed E-state index contributed by atoms with van der Waals surface area (Å²) in [6.07, 6.45) is 0.105. The molecule has 14 heavy (non-hydrogen) atoms. The monoisotopic (exact) mass is 282 g/mol. The molecule has 1 aromatic rings. The van der Waals surface area contributed by atoms with Gasteiger partial charge in [0.15, 0.2) is 0 Å². The number of rotatable bonds is 3. The standard InChI is InChI=1S/C9H9BrF2OS/c1-2-9(13-14)5-3-6(10)8(12)4-7(5)11/h3-4,9,14H,2H2,1H3. The van der Waals surface area contributed by atoms with Gasteiger partial charge in [-0.3, -0.25) is 0 Å². The highest BCUT2D eigenvalue weighted by atomic mass is 79.9. The fourth-order valence-electron chi connectivity index (χ4n) is 1.14. The molecule has 0 aromatic heterocycles. The minimum absolute atomic E-state index is 0.220. The van der Waals surface area contributed by atoms with Crippen LogP contribution in [-0.4, -0.2) is 0 Å². The Morgan fingerprint density at radius 1 is 1.43 bits per heavy atom. The first kappa shape index (κ1) is 11.9. The third-order valence-corrected chi connectivity index (χ3v) is 2.75. The molecule has 1 atom stereocenters. The maximum absolute atomic E-state index is 13.3. The fourth-order valence-corrected chi connectivity index (χ4v) is 1.76. The molecule has 0 amide bonds. The van der Waals surface area contributed by atoms with E-state index in [-0.39, 0.29) is 4.47 Å². The van der Waals surface area contributed by atoms with Gasteiger partial charge in [-0.15, -0.1) is 0 Å². The van der Waals surface area contributed by atoms with Crippen molar-refractivity contribution in [3.8, 4) is 0 Å². The molecule has 1 nitrogen and oxygen atoms in total. The summed E-state index contributed by atoms with van der Waals surface area (Å²) < 4.78 is 31.2. The Hall–Kier alpha value is -0.130. The van der Waals surface area contributed by atoms with E-state index in [0.29, 0.717) is 12.0 Å². The molecule has 0 N–H and O–H groups in total. The molecule has 0 aliphatic carbocycles. The quantitative estimate of drug-likeness (QED) is 0.500. The van der Waals surface area contributed by atoms with Crippen LogP contribution in [0.25, 0.3) is 0 Å². The number of hydrogen-bond donors (Lipinski definition) is 1. The van der Waals surface area contributed by atoms with Gasteiger partial charge in [-0.1, -0.05) is 6.92 Å². The molecule has 1 rings (SSSR count). The molecule has 0 saturated carbocycles. The predicted molar refractivity (Wildman–Crippen MR) is 57.2 cm³/mol. The zero-order valence-corrected chi connectivity index (χ0v) is 9.91. The van der Waals surface area contributed by atoms with E-state index in [1.807, 2.05) is 6.92 Å². The van der Waals surface area contributed by atoms with Crippen LogP contribution in [0.2, 0.25) is 0 Å². The van der Waals surface area contributed by atoms with Gasteiger partial charge >= 0.3 is 0 Å². The van der Waals surface area contributed by atoms with E-state index in [1.165, 1.54) is 6.07 Å². The van der Waals surface area contributed by atoms with Crippen LogP contribution in [0.3, 0.4) is 0 Å². The van der Waals surface area contributed by atoms with Crippen LogP contribution in [0.4, 0.5) is 8.78 Å². The molecule has 78 valence electrons. The van der Waals surface area contributed by atoms with Crippen LogP contribution in [0, 0.1) is 11.6 Å². The molecule has 0 radical (unpaired) electrons. The molecule has 0 heterocycles. The minimum atomic E-state index is -0.625. The lowest BCUT2D eigenvalue weighted by Crippen LogP contribution is -2.01. The summed E-state index contributed by atoms with van der Waals surface area (Å²) in [5, 5.41) is 0. The predicted octanol–water partition coefficient (Wildman–Crippen LogP) is 4.04. The zero-order chi connectivity index (χ0) is 10.7. The maximum Gasteiger partial charge on any atom is 0.140 e. The van der Waals surface area contributed by atoms with Crippen molar-refractivity contribution in [1.82, 2.24) is 0 Å². The molecule has 5 heteroatoms. The molecular weight excluding hydrogens is 274 g/mol. The first-order valence-electron chi connectivity index (χ1n) is 4.04. The molecule has 0 spiro atoms. The van der Waals surface area contributed by atoms with Crippen molar-refractivity contribution in [2.75, 3.05) is 0 Å². The second-order valence-electron chi connectivity index (χ2n) is 2.79. The smallest absolute Gasteiger partial charge is 0.140 e. The highest BCUT2D eigenvalue weighted by Gasteiger charge is 2.16. The van der Waals surface area contributed by atoms with Crippen LogP contribution in [0.15, 0.2) is 16.6 Å². The van der Waals surface area contributed by atoms with Crippen LogP contribution < -0.4 is 0 Å². The lowest BCUT2D eigenvalue weighted by molar-refractivity contribution is 0.241. The topological polar surface area (TPSA) is 9.23 Å². The lowest BCUT2D eigenvalue weighted by atomic mass is 10.1. The summed E-state index contributed by atoms with van der Waals surface area (Å²) in [6, 6.07) is 2.20. The molecule has 0 aliphatic rings. The number of thiol groups is 1. The first-order chi connectivity index (χ1) is 6.60. The Morgan fingerprint density at radius 2 is 2.07 bits per heavy atom. The number of hydrogen-bond acceptors (Lipinski definition) is 2. The largest absolute Gasteiger partial charge is 0.310 e. The molecular formula is C9H9BrF2OS. The van der Waals surface area contributed by atoms with Crippen LogP contribution in [-0.2, 0) is 4.18 Å². The second kappa shape index (κ2) is 5.09. The Kier molecular flexibility index (Phi) is 4.34. The number of benzene rings is 1. The van der Waals surface area contributed by atoms with Crippen molar-refractivity contribution in [1.29, 1.82) is 0 Å². The summed E-state index contributed by atoms with van der Waals surface area (Å²) in [7, 11) is 0. The summed E-state index contributed by atoms with van der Waals surface area (Å²) in [5.41, 5.74) is 0.302. The van der Waals surface area contributed by atoms with Crippen LogP contribution in [0.1, 0.15) is 25.0 Å². The maximum atomic E-state index is 13.3. The van der Waals surface area contributed by atoms with Gasteiger partial charge in [0.2, 0.25) is 0 Å². The normalized spacial score (nSPS) is 12.9. The highest BCUT2D eigenvalue weighted by Crippen LogP contribution is 2.29. The van der Waals surface area contributed by atoms with Crippen LogP contribution >= 0.6 is 28.8 Å². The van der Waals surface area contributed by atoms with Crippen molar-refractivity contribution >= 4 is 28.8 Å². The van der Waals surface area contributed by atoms with Gasteiger partial charge in [-0.05, 0) is 41.3 Å². The van der Waals surface area contributed by atoms with Gasteiger partial charge in [-0.25, -0.2) is 8.78 Å². The molecule has 1 aromatic carbocycles. The third kappa shape index (κ3) is 2.46. The Bertz CT molecular complexity index is 329. The highest BCUT2D eigenvalue weighted by molar-refractivity contribution is 9.10. The van der Waals surface area contributed by atoms with E-state index in [0.717, 1.165) is 6.07 Å². The van der Waals surface area contributed by atoms with Gasteiger partial charge < -0.3 is 4.18 Å².